The van der Waals surface area contributed by atoms with E-state index in [1.165, 1.54) is 0 Å². The van der Waals surface area contributed by atoms with Gasteiger partial charge in [-0.3, -0.25) is 0 Å². The second-order valence-corrected chi connectivity index (χ2v) is 7.25. The third-order valence-corrected chi connectivity index (χ3v) is 3.90. The van der Waals surface area contributed by atoms with E-state index in [4.69, 9.17) is 9.05 Å². The highest BCUT2D eigenvalue weighted by Crippen LogP contribution is 2.41. The second-order valence-electron chi connectivity index (χ2n) is 6.35. The van der Waals surface area contributed by atoms with E-state index >= 15 is 0 Å². The molecule has 1 N–H and O–H groups in total. The molecule has 0 aliphatic rings. The minimum Gasteiger partial charge on any atom is -0.328 e. The summed E-state index contributed by atoms with van der Waals surface area (Å²) in [4.78, 5) is 10.0. The molecule has 3 nitrogen and oxygen atoms in total. The van der Waals surface area contributed by atoms with Crippen LogP contribution in [0.2, 0.25) is 0 Å². The molecule has 0 unspecified atom stereocenters. The van der Waals surface area contributed by atoms with Crippen molar-refractivity contribution in [3.8, 4) is 0 Å². The van der Waals surface area contributed by atoms with Gasteiger partial charge in [0, 0.05) is 0 Å². The van der Waals surface area contributed by atoms with Gasteiger partial charge in [0.1, 0.15) is 0 Å². The van der Waals surface area contributed by atoms with E-state index in [0.29, 0.717) is 23.7 Å². The summed E-state index contributed by atoms with van der Waals surface area (Å²) in [6.07, 6.45) is 0.0853. The predicted molar refractivity (Wildman–Crippen MR) is 78.2 cm³/mol. The van der Waals surface area contributed by atoms with Crippen LogP contribution in [0.3, 0.4) is 0 Å². The molecule has 0 fully saturated rings. The Kier molecular flexibility index (Phi) is 8.62. The highest BCUT2D eigenvalue weighted by molar-refractivity contribution is 7.40. The highest BCUT2D eigenvalue weighted by Gasteiger charge is 2.27. The Labute approximate surface area is 114 Å². The maximum atomic E-state index is 10.0. The van der Waals surface area contributed by atoms with Crippen molar-refractivity contribution >= 4 is 8.60 Å². The van der Waals surface area contributed by atoms with E-state index in [2.05, 4.69) is 55.4 Å². The van der Waals surface area contributed by atoms with Gasteiger partial charge in [0.15, 0.2) is 0 Å². The Morgan fingerprint density at radius 3 is 1.00 bits per heavy atom. The molecule has 0 amide bonds. The SMILES string of the molecule is CC(C)C(OP(O)OC(C(C)C)C(C)C)C(C)C. The van der Waals surface area contributed by atoms with Gasteiger partial charge >= 0.3 is 8.60 Å². The molecule has 0 bridgehead atoms. The Balaban J connectivity index is 4.42. The average Bonchev–Trinajstić information content (AvgIpc) is 2.20. The van der Waals surface area contributed by atoms with Crippen LogP contribution in [0.15, 0.2) is 0 Å². The molecular weight excluding hydrogens is 247 g/mol. The van der Waals surface area contributed by atoms with Crippen molar-refractivity contribution < 1.29 is 13.9 Å². The minimum absolute atomic E-state index is 0.0427. The summed E-state index contributed by atoms with van der Waals surface area (Å²) < 4.78 is 11.4. The van der Waals surface area contributed by atoms with Crippen molar-refractivity contribution in [1.82, 2.24) is 0 Å². The van der Waals surface area contributed by atoms with Gasteiger partial charge < -0.3 is 13.9 Å². The lowest BCUT2D eigenvalue weighted by molar-refractivity contribution is 0.0351. The van der Waals surface area contributed by atoms with Crippen LogP contribution in [0.5, 0.6) is 0 Å². The fourth-order valence-corrected chi connectivity index (χ4v) is 3.70. The van der Waals surface area contributed by atoms with Crippen molar-refractivity contribution in [3.63, 3.8) is 0 Å². The fraction of sp³-hybridized carbons (Fsp3) is 1.00. The van der Waals surface area contributed by atoms with Crippen molar-refractivity contribution in [1.29, 1.82) is 0 Å². The second kappa shape index (κ2) is 8.47. The lowest BCUT2D eigenvalue weighted by Gasteiger charge is -2.30. The summed E-state index contributed by atoms with van der Waals surface area (Å²) in [5, 5.41) is 0. The Morgan fingerprint density at radius 1 is 0.611 bits per heavy atom. The van der Waals surface area contributed by atoms with E-state index in [1.54, 1.807) is 0 Å². The fourth-order valence-electron chi connectivity index (χ4n) is 2.26. The molecule has 0 aliphatic heterocycles. The molecule has 18 heavy (non-hydrogen) atoms. The molecule has 0 aromatic rings. The average molecular weight is 278 g/mol. The van der Waals surface area contributed by atoms with Crippen LogP contribution in [0, 0.1) is 23.7 Å². The zero-order valence-electron chi connectivity index (χ0n) is 13.2. The van der Waals surface area contributed by atoms with Gasteiger partial charge in [-0.15, -0.1) is 0 Å². The summed E-state index contributed by atoms with van der Waals surface area (Å²) >= 11 is 0. The summed E-state index contributed by atoms with van der Waals surface area (Å²) in [7, 11) is -1.79. The van der Waals surface area contributed by atoms with Gasteiger partial charge in [0.25, 0.3) is 0 Å². The molecule has 0 aromatic carbocycles. The predicted octanol–water partition coefficient (Wildman–Crippen LogP) is 4.60. The number of hydrogen-bond acceptors (Lipinski definition) is 3. The maximum Gasteiger partial charge on any atom is 0.330 e. The van der Waals surface area contributed by atoms with Gasteiger partial charge in [-0.05, 0) is 23.7 Å². The van der Waals surface area contributed by atoms with E-state index in [-0.39, 0.29) is 12.2 Å². The molecule has 0 atom stereocenters. The van der Waals surface area contributed by atoms with Crippen molar-refractivity contribution in [2.45, 2.75) is 67.6 Å². The first-order valence-electron chi connectivity index (χ1n) is 6.99. The van der Waals surface area contributed by atoms with E-state index in [0.717, 1.165) is 0 Å². The van der Waals surface area contributed by atoms with Crippen LogP contribution in [-0.4, -0.2) is 17.1 Å². The van der Waals surface area contributed by atoms with Crippen LogP contribution < -0.4 is 0 Å². The Bertz CT molecular complexity index is 179. The van der Waals surface area contributed by atoms with Gasteiger partial charge in [0.05, 0.1) is 12.2 Å². The van der Waals surface area contributed by atoms with Crippen LogP contribution in [0.4, 0.5) is 0 Å². The first-order chi connectivity index (χ1) is 8.16. The normalized spacial score (nSPS) is 13.3. The Morgan fingerprint density at radius 2 is 0.833 bits per heavy atom. The molecule has 0 radical (unpaired) electrons. The zero-order chi connectivity index (χ0) is 14.5. The van der Waals surface area contributed by atoms with Crippen LogP contribution in [-0.2, 0) is 9.05 Å². The van der Waals surface area contributed by atoms with Crippen molar-refractivity contribution in [2.75, 3.05) is 0 Å². The molecule has 4 heteroatoms. The molecule has 0 aliphatic carbocycles. The molecule has 0 saturated carbocycles. The lowest BCUT2D eigenvalue weighted by Crippen LogP contribution is -2.27. The first kappa shape index (κ1) is 18.3. The van der Waals surface area contributed by atoms with Gasteiger partial charge in [-0.25, -0.2) is 0 Å². The molecule has 0 aromatic heterocycles. The van der Waals surface area contributed by atoms with Gasteiger partial charge in [-0.2, -0.15) is 0 Å². The van der Waals surface area contributed by atoms with Crippen molar-refractivity contribution in [2.24, 2.45) is 23.7 Å². The number of hydrogen-bond donors (Lipinski definition) is 1. The van der Waals surface area contributed by atoms with E-state index in [1.807, 2.05) is 0 Å². The van der Waals surface area contributed by atoms with Crippen molar-refractivity contribution in [3.05, 3.63) is 0 Å². The third kappa shape index (κ3) is 6.47. The number of rotatable bonds is 8. The molecule has 0 heterocycles. The quantitative estimate of drug-likeness (QED) is 0.659. The van der Waals surface area contributed by atoms with Crippen LogP contribution >= 0.6 is 8.60 Å². The van der Waals surface area contributed by atoms with Gasteiger partial charge in [0.2, 0.25) is 0 Å². The summed E-state index contributed by atoms with van der Waals surface area (Å²) in [6, 6.07) is 0. The molecular formula is C14H31O3P. The molecule has 0 saturated heterocycles. The highest BCUT2D eigenvalue weighted by atomic mass is 31.2. The lowest BCUT2D eigenvalue weighted by atomic mass is 9.97. The summed E-state index contributed by atoms with van der Waals surface area (Å²) in [5.74, 6) is 1.51. The smallest absolute Gasteiger partial charge is 0.328 e. The van der Waals surface area contributed by atoms with E-state index < -0.39 is 8.60 Å². The third-order valence-electron chi connectivity index (χ3n) is 3.05. The van der Waals surface area contributed by atoms with E-state index in [9.17, 15) is 4.89 Å². The molecule has 110 valence electrons. The summed E-state index contributed by atoms with van der Waals surface area (Å²) in [6.45, 7) is 16.9. The monoisotopic (exact) mass is 278 g/mol. The standard InChI is InChI=1S/C14H31O3P/c1-9(2)13(10(3)4)16-18(15)17-14(11(5)6)12(7)8/h9-15H,1-8H3. The van der Waals surface area contributed by atoms with Crippen LogP contribution in [0.25, 0.3) is 0 Å². The largest absolute Gasteiger partial charge is 0.330 e. The topological polar surface area (TPSA) is 38.7 Å². The minimum atomic E-state index is -1.79. The molecule has 0 spiro atoms. The summed E-state index contributed by atoms with van der Waals surface area (Å²) in [5.41, 5.74) is 0. The van der Waals surface area contributed by atoms with Crippen LogP contribution in [0.1, 0.15) is 55.4 Å². The molecule has 0 rings (SSSR count). The maximum absolute atomic E-state index is 10.0. The zero-order valence-corrected chi connectivity index (χ0v) is 14.1. The Hall–Kier alpha value is 0.310. The van der Waals surface area contributed by atoms with Gasteiger partial charge in [-0.1, -0.05) is 55.4 Å². The first-order valence-corrected chi connectivity index (χ1v) is 8.12.